The number of hydrogen-bond acceptors (Lipinski definition) is 6. The second-order valence-electron chi connectivity index (χ2n) is 5.14. The first-order chi connectivity index (χ1) is 10.8. The molecule has 0 saturated carbocycles. The average Bonchev–Trinajstić information content (AvgIpc) is 3.10. The van der Waals surface area contributed by atoms with Crippen molar-refractivity contribution in [3.63, 3.8) is 0 Å². The first kappa shape index (κ1) is 14.4. The largest absolute Gasteiger partial charge is 0.478 e. The van der Waals surface area contributed by atoms with Crippen LogP contribution in [0.15, 0.2) is 35.4 Å². The fraction of sp³-hybridized carbons (Fsp3) is 0.400. The number of aromatic nitrogens is 2. The Balaban J connectivity index is 1.57. The number of likely N-dealkylation sites (tertiary alicyclic amines) is 1. The van der Waals surface area contributed by atoms with Gasteiger partial charge in [0, 0.05) is 31.5 Å². The number of nitrogens with zero attached hydrogens (tertiary/aromatic N) is 3. The number of hydrogen-bond donors (Lipinski definition) is 1. The Morgan fingerprint density at radius 1 is 1.36 bits per heavy atom. The number of amides is 1. The molecule has 7 heteroatoms. The minimum atomic E-state index is 0.0179. The van der Waals surface area contributed by atoms with Crippen molar-refractivity contribution in [2.45, 2.75) is 18.9 Å². The van der Waals surface area contributed by atoms with Gasteiger partial charge in [0.1, 0.15) is 6.26 Å². The van der Waals surface area contributed by atoms with Gasteiger partial charge in [0.15, 0.2) is 5.82 Å². The molecule has 22 heavy (non-hydrogen) atoms. The topological polar surface area (TPSA) is 80.5 Å². The molecule has 7 nitrogen and oxygen atoms in total. The second-order valence-corrected chi connectivity index (χ2v) is 5.14. The van der Waals surface area contributed by atoms with E-state index in [1.165, 1.54) is 12.5 Å². The molecule has 3 rings (SSSR count). The number of nitrogens with one attached hydrogen (secondary N) is 1. The monoisotopic (exact) mass is 302 g/mol. The van der Waals surface area contributed by atoms with Crippen LogP contribution < -0.4 is 10.1 Å². The summed E-state index contributed by atoms with van der Waals surface area (Å²) in [6.07, 6.45) is 7.92. The van der Waals surface area contributed by atoms with Gasteiger partial charge in [-0.25, -0.2) is 9.97 Å². The molecule has 1 saturated heterocycles. The van der Waals surface area contributed by atoms with Crippen LogP contribution in [0.4, 0.5) is 5.82 Å². The number of furan rings is 1. The summed E-state index contributed by atoms with van der Waals surface area (Å²) in [5.74, 6) is 1.15. The van der Waals surface area contributed by atoms with Crippen LogP contribution in [-0.4, -0.2) is 47.0 Å². The van der Waals surface area contributed by atoms with E-state index >= 15 is 0 Å². The van der Waals surface area contributed by atoms with E-state index in [2.05, 4.69) is 15.3 Å². The van der Waals surface area contributed by atoms with Crippen molar-refractivity contribution in [2.75, 3.05) is 25.5 Å². The molecule has 1 amide bonds. The molecule has 1 N–H and O–H groups in total. The van der Waals surface area contributed by atoms with E-state index in [0.717, 1.165) is 12.8 Å². The molecule has 0 atom stereocenters. The van der Waals surface area contributed by atoms with Crippen molar-refractivity contribution in [2.24, 2.45) is 0 Å². The summed E-state index contributed by atoms with van der Waals surface area (Å²) < 4.78 is 10.1. The third kappa shape index (κ3) is 3.03. The number of anilines is 1. The Labute approximate surface area is 128 Å². The molecule has 0 aromatic carbocycles. The Bertz CT molecular complexity index is 621. The highest BCUT2D eigenvalue weighted by Crippen LogP contribution is 2.22. The summed E-state index contributed by atoms with van der Waals surface area (Å²) >= 11 is 0. The summed E-state index contributed by atoms with van der Waals surface area (Å²) in [7, 11) is 1.57. The van der Waals surface area contributed by atoms with Gasteiger partial charge in [-0.05, 0) is 18.9 Å². The molecule has 0 aliphatic carbocycles. The van der Waals surface area contributed by atoms with Crippen LogP contribution in [0.2, 0.25) is 0 Å². The lowest BCUT2D eigenvalue weighted by molar-refractivity contribution is 0.0717. The number of carbonyl (C=O) groups is 1. The lowest BCUT2D eigenvalue weighted by atomic mass is 10.0. The molecule has 1 aliphatic rings. The average molecular weight is 302 g/mol. The molecule has 3 heterocycles. The van der Waals surface area contributed by atoms with Gasteiger partial charge in [0.2, 0.25) is 0 Å². The van der Waals surface area contributed by atoms with Crippen molar-refractivity contribution < 1.29 is 13.9 Å². The lowest BCUT2D eigenvalue weighted by Crippen LogP contribution is -2.42. The molecule has 2 aromatic rings. The van der Waals surface area contributed by atoms with Gasteiger partial charge >= 0.3 is 0 Å². The first-order valence-corrected chi connectivity index (χ1v) is 7.21. The Hall–Kier alpha value is -2.57. The predicted molar refractivity (Wildman–Crippen MR) is 79.8 cm³/mol. The number of rotatable bonds is 4. The number of piperidine rings is 1. The molecule has 0 radical (unpaired) electrons. The maximum Gasteiger partial charge on any atom is 0.257 e. The zero-order valence-corrected chi connectivity index (χ0v) is 12.4. The van der Waals surface area contributed by atoms with E-state index in [4.69, 9.17) is 9.15 Å². The summed E-state index contributed by atoms with van der Waals surface area (Å²) in [5.41, 5.74) is 0.599. The van der Waals surface area contributed by atoms with Crippen molar-refractivity contribution in [1.29, 1.82) is 0 Å². The second kappa shape index (κ2) is 6.46. The van der Waals surface area contributed by atoms with E-state index in [-0.39, 0.29) is 11.9 Å². The predicted octanol–water partition coefficient (Wildman–Crippen LogP) is 1.79. The molecule has 2 aromatic heterocycles. The van der Waals surface area contributed by atoms with Crippen LogP contribution in [0, 0.1) is 0 Å². The minimum Gasteiger partial charge on any atom is -0.478 e. The van der Waals surface area contributed by atoms with Crippen molar-refractivity contribution in [3.8, 4) is 5.88 Å². The van der Waals surface area contributed by atoms with Gasteiger partial charge in [0.25, 0.3) is 11.8 Å². The van der Waals surface area contributed by atoms with E-state index in [9.17, 15) is 4.79 Å². The fourth-order valence-electron chi connectivity index (χ4n) is 2.56. The molecule has 1 fully saturated rings. The maximum atomic E-state index is 12.2. The maximum absolute atomic E-state index is 12.2. The Kier molecular flexibility index (Phi) is 4.22. The zero-order valence-electron chi connectivity index (χ0n) is 12.4. The third-order valence-corrected chi connectivity index (χ3v) is 3.75. The SMILES string of the molecule is COc1nccnc1NC1CCN(C(=O)c2ccoc2)CC1. The molecule has 0 bridgehead atoms. The highest BCUT2D eigenvalue weighted by molar-refractivity contribution is 5.93. The number of ether oxygens (including phenoxy) is 1. The fourth-order valence-corrected chi connectivity index (χ4v) is 2.56. The van der Waals surface area contributed by atoms with Crippen molar-refractivity contribution in [3.05, 3.63) is 36.5 Å². The van der Waals surface area contributed by atoms with E-state index < -0.39 is 0 Å². The minimum absolute atomic E-state index is 0.0179. The van der Waals surface area contributed by atoms with Crippen LogP contribution in [0.5, 0.6) is 5.88 Å². The molecule has 0 spiro atoms. The van der Waals surface area contributed by atoms with Gasteiger partial charge in [-0.3, -0.25) is 4.79 Å². The molecule has 116 valence electrons. The highest BCUT2D eigenvalue weighted by Gasteiger charge is 2.25. The molecule has 1 aliphatic heterocycles. The molecular weight excluding hydrogens is 284 g/mol. The van der Waals surface area contributed by atoms with E-state index in [0.29, 0.717) is 30.4 Å². The summed E-state index contributed by atoms with van der Waals surface area (Å²) in [4.78, 5) is 22.4. The van der Waals surface area contributed by atoms with Gasteiger partial charge < -0.3 is 19.4 Å². The van der Waals surface area contributed by atoms with Crippen LogP contribution in [0.25, 0.3) is 0 Å². The Morgan fingerprint density at radius 2 is 2.14 bits per heavy atom. The van der Waals surface area contributed by atoms with E-state index in [1.54, 1.807) is 25.6 Å². The standard InChI is InChI=1S/C15H18N4O3/c1-21-14-13(16-5-6-17-14)18-12-2-7-19(8-3-12)15(20)11-4-9-22-10-11/h4-6,9-10,12H,2-3,7-8H2,1H3,(H,16,18). The molecule has 0 unspecified atom stereocenters. The van der Waals surface area contributed by atoms with Crippen LogP contribution in [0.1, 0.15) is 23.2 Å². The first-order valence-electron chi connectivity index (χ1n) is 7.21. The van der Waals surface area contributed by atoms with Crippen molar-refractivity contribution >= 4 is 11.7 Å². The summed E-state index contributed by atoms with van der Waals surface area (Å²) in [5, 5.41) is 3.34. The van der Waals surface area contributed by atoms with Gasteiger partial charge in [-0.2, -0.15) is 0 Å². The van der Waals surface area contributed by atoms with Gasteiger partial charge in [0.05, 0.1) is 18.9 Å². The Morgan fingerprint density at radius 3 is 2.82 bits per heavy atom. The smallest absolute Gasteiger partial charge is 0.257 e. The zero-order chi connectivity index (χ0) is 15.4. The number of methoxy groups -OCH3 is 1. The van der Waals surface area contributed by atoms with Crippen LogP contribution >= 0.6 is 0 Å². The van der Waals surface area contributed by atoms with E-state index in [1.807, 2.05) is 4.90 Å². The normalized spacial score (nSPS) is 15.6. The quantitative estimate of drug-likeness (QED) is 0.927. The van der Waals surface area contributed by atoms with Gasteiger partial charge in [-0.1, -0.05) is 0 Å². The summed E-state index contributed by atoms with van der Waals surface area (Å²) in [6, 6.07) is 1.94. The third-order valence-electron chi connectivity index (χ3n) is 3.75. The van der Waals surface area contributed by atoms with Crippen molar-refractivity contribution in [1.82, 2.24) is 14.9 Å². The van der Waals surface area contributed by atoms with Crippen LogP contribution in [-0.2, 0) is 0 Å². The number of carbonyl (C=O) groups excluding carboxylic acids is 1. The molecular formula is C15H18N4O3. The van der Waals surface area contributed by atoms with Gasteiger partial charge in [-0.15, -0.1) is 0 Å². The highest BCUT2D eigenvalue weighted by atomic mass is 16.5. The lowest BCUT2D eigenvalue weighted by Gasteiger charge is -2.32. The summed E-state index contributed by atoms with van der Waals surface area (Å²) in [6.45, 7) is 1.40. The van der Waals surface area contributed by atoms with Crippen LogP contribution in [0.3, 0.4) is 0 Å².